The molecule has 1 aliphatic rings. The minimum absolute atomic E-state index is 0.00694. The second kappa shape index (κ2) is 7.26. The summed E-state index contributed by atoms with van der Waals surface area (Å²) in [6.07, 6.45) is 1.13. The van der Waals surface area contributed by atoms with Gasteiger partial charge in [0.1, 0.15) is 15.6 Å². The van der Waals surface area contributed by atoms with Gasteiger partial charge in [-0.05, 0) is 26.0 Å². The van der Waals surface area contributed by atoms with Crippen molar-refractivity contribution in [3.63, 3.8) is 0 Å². The third kappa shape index (κ3) is 3.77. The maximum atomic E-state index is 11.9. The van der Waals surface area contributed by atoms with Crippen LogP contribution in [-0.2, 0) is 4.74 Å². The molecule has 1 aliphatic heterocycles. The largest absolute Gasteiger partial charge is 0.486 e. The number of methoxy groups -OCH3 is 1. The Kier molecular flexibility index (Phi) is 5.64. The number of nitrogens with zero attached hydrogens (tertiary/aromatic N) is 1. The summed E-state index contributed by atoms with van der Waals surface area (Å²) >= 11 is 3.32. The van der Waals surface area contributed by atoms with Crippen LogP contribution in [0.1, 0.15) is 29.9 Å². The van der Waals surface area contributed by atoms with E-state index in [4.69, 9.17) is 15.2 Å². The summed E-state index contributed by atoms with van der Waals surface area (Å²) in [4.78, 5) is 14.6. The molecule has 0 bridgehead atoms. The zero-order valence-corrected chi connectivity index (χ0v) is 14.3. The van der Waals surface area contributed by atoms with Gasteiger partial charge in [0.25, 0.3) is 0 Å². The summed E-state index contributed by atoms with van der Waals surface area (Å²) in [7, 11) is 1.37. The molecule has 0 amide bonds. The Labute approximate surface area is 133 Å². The normalized spacial score (nSPS) is 15.9. The quantitative estimate of drug-likeness (QED) is 0.857. The zero-order valence-electron chi connectivity index (χ0n) is 12.7. The van der Waals surface area contributed by atoms with E-state index in [9.17, 15) is 4.79 Å². The SMILES string of the molecule is COC(=O)c1sc(N2CCCSCC2)c(OC(C)C)c1N. The molecular formula is C14H22N2O3S2. The van der Waals surface area contributed by atoms with Crippen LogP contribution in [0, 0.1) is 0 Å². The highest BCUT2D eigenvalue weighted by molar-refractivity contribution is 7.99. The molecule has 1 aromatic heterocycles. The first kappa shape index (κ1) is 16.3. The molecule has 2 heterocycles. The molecule has 0 aliphatic carbocycles. The van der Waals surface area contributed by atoms with E-state index in [0.717, 1.165) is 30.3 Å². The molecule has 2 rings (SSSR count). The van der Waals surface area contributed by atoms with E-state index in [2.05, 4.69) is 4.90 Å². The second-order valence-electron chi connectivity index (χ2n) is 5.09. The van der Waals surface area contributed by atoms with Crippen molar-refractivity contribution in [2.75, 3.05) is 42.3 Å². The highest BCUT2D eigenvalue weighted by atomic mass is 32.2. The Balaban J connectivity index is 2.38. The van der Waals surface area contributed by atoms with Gasteiger partial charge in [-0.3, -0.25) is 0 Å². The van der Waals surface area contributed by atoms with E-state index in [1.54, 1.807) is 0 Å². The molecule has 0 atom stereocenters. The van der Waals surface area contributed by atoms with Crippen molar-refractivity contribution in [2.45, 2.75) is 26.4 Å². The minimum atomic E-state index is -0.401. The van der Waals surface area contributed by atoms with Crippen LogP contribution in [0.3, 0.4) is 0 Å². The van der Waals surface area contributed by atoms with Crippen molar-refractivity contribution < 1.29 is 14.3 Å². The number of hydrogen-bond donors (Lipinski definition) is 1. The van der Waals surface area contributed by atoms with Crippen molar-refractivity contribution in [1.82, 2.24) is 0 Å². The smallest absolute Gasteiger partial charge is 0.350 e. The van der Waals surface area contributed by atoms with Gasteiger partial charge in [-0.2, -0.15) is 11.8 Å². The Bertz CT molecular complexity index is 495. The monoisotopic (exact) mass is 330 g/mol. The topological polar surface area (TPSA) is 64.8 Å². The van der Waals surface area contributed by atoms with Crippen LogP contribution in [0.4, 0.5) is 10.7 Å². The molecule has 0 radical (unpaired) electrons. The fourth-order valence-corrected chi connectivity index (χ4v) is 4.18. The number of thioether (sulfide) groups is 1. The molecule has 1 saturated heterocycles. The van der Waals surface area contributed by atoms with E-state index < -0.39 is 5.97 Å². The molecule has 5 nitrogen and oxygen atoms in total. The molecule has 0 spiro atoms. The van der Waals surface area contributed by atoms with E-state index in [1.165, 1.54) is 24.2 Å². The van der Waals surface area contributed by atoms with Crippen LogP contribution in [0.25, 0.3) is 0 Å². The number of esters is 1. The molecule has 21 heavy (non-hydrogen) atoms. The van der Waals surface area contributed by atoms with Gasteiger partial charge >= 0.3 is 5.97 Å². The van der Waals surface area contributed by atoms with Gasteiger partial charge in [0.15, 0.2) is 5.75 Å². The molecule has 0 unspecified atom stereocenters. The summed E-state index contributed by atoms with van der Waals surface area (Å²) in [5.41, 5.74) is 6.52. The molecule has 0 aromatic carbocycles. The van der Waals surface area contributed by atoms with E-state index in [-0.39, 0.29) is 6.10 Å². The highest BCUT2D eigenvalue weighted by Gasteiger charge is 2.27. The molecule has 2 N–H and O–H groups in total. The van der Waals surface area contributed by atoms with Crippen LogP contribution >= 0.6 is 23.1 Å². The average Bonchev–Trinajstić information content (AvgIpc) is 2.67. The number of thiophene rings is 1. The lowest BCUT2D eigenvalue weighted by Crippen LogP contribution is -2.25. The van der Waals surface area contributed by atoms with Crippen molar-refractivity contribution in [3.8, 4) is 5.75 Å². The van der Waals surface area contributed by atoms with Crippen LogP contribution in [0.2, 0.25) is 0 Å². The van der Waals surface area contributed by atoms with Crippen molar-refractivity contribution in [1.29, 1.82) is 0 Å². The van der Waals surface area contributed by atoms with Gasteiger partial charge in [0.05, 0.1) is 13.2 Å². The minimum Gasteiger partial charge on any atom is -0.486 e. The van der Waals surface area contributed by atoms with Crippen molar-refractivity contribution in [2.24, 2.45) is 0 Å². The van der Waals surface area contributed by atoms with Gasteiger partial charge in [0, 0.05) is 18.8 Å². The summed E-state index contributed by atoms with van der Waals surface area (Å²) in [5, 5.41) is 0.948. The number of hydrogen-bond acceptors (Lipinski definition) is 7. The standard InChI is InChI=1S/C14H22N2O3S2/c1-9(2)19-11-10(15)12(14(17)18-3)21-13(11)16-5-4-7-20-8-6-16/h9H,4-8,15H2,1-3H3. The summed E-state index contributed by atoms with van der Waals surface area (Å²) in [6, 6.07) is 0. The Morgan fingerprint density at radius 3 is 2.76 bits per heavy atom. The third-order valence-electron chi connectivity index (χ3n) is 3.12. The van der Waals surface area contributed by atoms with Gasteiger partial charge in [0.2, 0.25) is 0 Å². The number of rotatable bonds is 4. The summed E-state index contributed by atoms with van der Waals surface area (Å²) in [5.74, 6) is 2.47. The first-order valence-corrected chi connectivity index (χ1v) is 9.01. The molecular weight excluding hydrogens is 308 g/mol. The van der Waals surface area contributed by atoms with E-state index in [0.29, 0.717) is 16.3 Å². The maximum Gasteiger partial charge on any atom is 0.350 e. The number of carbonyl (C=O) groups is 1. The predicted octanol–water partition coefficient (Wildman–Crippen LogP) is 2.85. The first-order chi connectivity index (χ1) is 10.0. The molecule has 118 valence electrons. The molecule has 7 heteroatoms. The number of nitrogen functional groups attached to an aromatic ring is 1. The maximum absolute atomic E-state index is 11.9. The first-order valence-electron chi connectivity index (χ1n) is 7.04. The highest BCUT2D eigenvalue weighted by Crippen LogP contribution is 2.46. The fourth-order valence-electron chi connectivity index (χ4n) is 2.17. The Morgan fingerprint density at radius 2 is 2.10 bits per heavy atom. The molecule has 0 saturated carbocycles. The van der Waals surface area contributed by atoms with Gasteiger partial charge in [-0.25, -0.2) is 4.79 Å². The van der Waals surface area contributed by atoms with Crippen LogP contribution < -0.4 is 15.4 Å². The lowest BCUT2D eigenvalue weighted by atomic mass is 10.3. The van der Waals surface area contributed by atoms with Crippen LogP contribution in [-0.4, -0.2) is 43.8 Å². The van der Waals surface area contributed by atoms with Crippen molar-refractivity contribution >= 4 is 39.8 Å². The Hall–Kier alpha value is -1.08. The lowest BCUT2D eigenvalue weighted by molar-refractivity contribution is 0.0607. The van der Waals surface area contributed by atoms with Gasteiger partial charge in [-0.1, -0.05) is 0 Å². The number of carbonyl (C=O) groups excluding carboxylic acids is 1. The summed E-state index contributed by atoms with van der Waals surface area (Å²) in [6.45, 7) is 5.82. The van der Waals surface area contributed by atoms with Gasteiger partial charge in [-0.15, -0.1) is 11.3 Å². The van der Waals surface area contributed by atoms with Crippen LogP contribution in [0.15, 0.2) is 0 Å². The fraction of sp³-hybridized carbons (Fsp3) is 0.643. The van der Waals surface area contributed by atoms with E-state index in [1.807, 2.05) is 25.6 Å². The van der Waals surface area contributed by atoms with Gasteiger partial charge < -0.3 is 20.1 Å². The predicted molar refractivity (Wildman–Crippen MR) is 90.0 cm³/mol. The molecule has 1 aromatic rings. The Morgan fingerprint density at radius 1 is 1.33 bits per heavy atom. The second-order valence-corrected chi connectivity index (χ2v) is 7.31. The summed E-state index contributed by atoms with van der Waals surface area (Å²) < 4.78 is 10.7. The number of ether oxygens (including phenoxy) is 2. The van der Waals surface area contributed by atoms with Crippen molar-refractivity contribution in [3.05, 3.63) is 4.88 Å². The van der Waals surface area contributed by atoms with E-state index >= 15 is 0 Å². The third-order valence-corrected chi connectivity index (χ3v) is 5.39. The number of anilines is 2. The number of nitrogens with two attached hydrogens (primary N) is 1. The lowest BCUT2D eigenvalue weighted by Gasteiger charge is -2.22. The van der Waals surface area contributed by atoms with Crippen LogP contribution in [0.5, 0.6) is 5.75 Å². The average molecular weight is 330 g/mol. The molecule has 1 fully saturated rings. The zero-order chi connectivity index (χ0) is 15.4.